The van der Waals surface area contributed by atoms with Crippen LogP contribution >= 0.6 is 11.8 Å². The van der Waals surface area contributed by atoms with Gasteiger partial charge in [0.1, 0.15) is 5.82 Å². The van der Waals surface area contributed by atoms with Gasteiger partial charge in [-0.25, -0.2) is 9.38 Å². The molecule has 0 radical (unpaired) electrons. The van der Waals surface area contributed by atoms with Gasteiger partial charge in [-0.1, -0.05) is 47.7 Å². The Hall–Kier alpha value is -2.86. The maximum absolute atomic E-state index is 13.5. The summed E-state index contributed by atoms with van der Waals surface area (Å²) >= 11 is 1.46. The van der Waals surface area contributed by atoms with Crippen molar-refractivity contribution in [1.82, 2.24) is 0 Å². The second-order valence-electron chi connectivity index (χ2n) is 6.29. The van der Waals surface area contributed by atoms with E-state index in [1.807, 2.05) is 31.2 Å². The van der Waals surface area contributed by atoms with Gasteiger partial charge in [0.2, 0.25) is 0 Å². The predicted molar refractivity (Wildman–Crippen MR) is 110 cm³/mol. The van der Waals surface area contributed by atoms with Crippen molar-refractivity contribution in [2.75, 3.05) is 0 Å². The fourth-order valence-electron chi connectivity index (χ4n) is 2.51. The SMILES string of the molecule is Cc1ccc(SC=CC(=Nc2cccc(F)c2)c2ccc(C(F)(F)F)cc2)cc1. The average Bonchev–Trinajstić information content (AvgIpc) is 2.68. The Morgan fingerprint density at radius 2 is 1.62 bits per heavy atom. The van der Waals surface area contributed by atoms with Crippen LogP contribution in [0.1, 0.15) is 16.7 Å². The second-order valence-corrected chi connectivity index (χ2v) is 7.26. The zero-order chi connectivity index (χ0) is 20.9. The minimum Gasteiger partial charge on any atom is -0.248 e. The molecular formula is C23H17F4NS. The zero-order valence-corrected chi connectivity index (χ0v) is 16.3. The summed E-state index contributed by atoms with van der Waals surface area (Å²) in [5.41, 5.74) is 1.73. The van der Waals surface area contributed by atoms with Gasteiger partial charge in [-0.2, -0.15) is 13.2 Å². The van der Waals surface area contributed by atoms with Crippen LogP contribution in [0.25, 0.3) is 0 Å². The van der Waals surface area contributed by atoms with Gasteiger partial charge in [0.15, 0.2) is 0 Å². The molecule has 0 aliphatic rings. The van der Waals surface area contributed by atoms with Crippen molar-refractivity contribution in [2.24, 2.45) is 4.99 Å². The van der Waals surface area contributed by atoms with Crippen LogP contribution in [-0.2, 0) is 6.18 Å². The molecule has 3 aromatic rings. The highest BCUT2D eigenvalue weighted by Gasteiger charge is 2.30. The normalized spacial score (nSPS) is 12.5. The highest BCUT2D eigenvalue weighted by atomic mass is 32.2. The molecule has 0 aromatic heterocycles. The summed E-state index contributed by atoms with van der Waals surface area (Å²) in [5, 5.41) is 1.81. The molecule has 3 rings (SSSR count). The van der Waals surface area contributed by atoms with E-state index in [1.165, 1.54) is 42.1 Å². The number of thioether (sulfide) groups is 1. The van der Waals surface area contributed by atoms with E-state index in [0.29, 0.717) is 17.0 Å². The lowest BCUT2D eigenvalue weighted by molar-refractivity contribution is -0.137. The number of aliphatic imine (C=N–C) groups is 1. The molecule has 0 heterocycles. The van der Waals surface area contributed by atoms with E-state index in [2.05, 4.69) is 4.99 Å². The van der Waals surface area contributed by atoms with Gasteiger partial charge in [0.05, 0.1) is 17.0 Å². The molecular weight excluding hydrogens is 398 g/mol. The van der Waals surface area contributed by atoms with Gasteiger partial charge >= 0.3 is 6.18 Å². The molecule has 0 aliphatic carbocycles. The molecule has 0 saturated carbocycles. The summed E-state index contributed by atoms with van der Waals surface area (Å²) < 4.78 is 52.0. The van der Waals surface area contributed by atoms with Crippen LogP contribution in [0.15, 0.2) is 94.2 Å². The summed E-state index contributed by atoms with van der Waals surface area (Å²) in [4.78, 5) is 5.44. The molecule has 0 N–H and O–H groups in total. The molecule has 0 aliphatic heterocycles. The van der Waals surface area contributed by atoms with Crippen LogP contribution in [0.5, 0.6) is 0 Å². The van der Waals surface area contributed by atoms with E-state index in [1.54, 1.807) is 17.6 Å². The number of alkyl halides is 3. The summed E-state index contributed by atoms with van der Waals surface area (Å²) in [7, 11) is 0. The maximum atomic E-state index is 13.5. The summed E-state index contributed by atoms with van der Waals surface area (Å²) in [6.45, 7) is 2.00. The third kappa shape index (κ3) is 6.06. The second kappa shape index (κ2) is 9.09. The third-order valence-electron chi connectivity index (χ3n) is 4.02. The highest BCUT2D eigenvalue weighted by molar-refractivity contribution is 8.02. The molecule has 0 spiro atoms. The number of rotatable bonds is 5. The lowest BCUT2D eigenvalue weighted by atomic mass is 10.1. The highest BCUT2D eigenvalue weighted by Crippen LogP contribution is 2.29. The smallest absolute Gasteiger partial charge is 0.248 e. The topological polar surface area (TPSA) is 12.4 Å². The van der Waals surface area contributed by atoms with Crippen molar-refractivity contribution >= 4 is 23.2 Å². The Balaban J connectivity index is 1.91. The monoisotopic (exact) mass is 415 g/mol. The van der Waals surface area contributed by atoms with Gasteiger partial charge in [-0.15, -0.1) is 0 Å². The Morgan fingerprint density at radius 1 is 0.931 bits per heavy atom. The molecule has 148 valence electrons. The van der Waals surface area contributed by atoms with Crippen molar-refractivity contribution in [3.05, 3.63) is 107 Å². The van der Waals surface area contributed by atoms with Crippen molar-refractivity contribution in [2.45, 2.75) is 18.0 Å². The minimum atomic E-state index is -4.41. The van der Waals surface area contributed by atoms with Gasteiger partial charge in [0, 0.05) is 10.5 Å². The zero-order valence-electron chi connectivity index (χ0n) is 15.5. The van der Waals surface area contributed by atoms with Gasteiger partial charge in [0.25, 0.3) is 0 Å². The average molecular weight is 415 g/mol. The van der Waals surface area contributed by atoms with Crippen molar-refractivity contribution < 1.29 is 17.6 Å². The molecule has 0 fully saturated rings. The number of halogens is 4. The number of allylic oxidation sites excluding steroid dienone is 1. The number of nitrogens with zero attached hydrogens (tertiary/aromatic N) is 1. The lowest BCUT2D eigenvalue weighted by Gasteiger charge is -2.08. The maximum Gasteiger partial charge on any atom is 0.416 e. The molecule has 0 amide bonds. The Kier molecular flexibility index (Phi) is 6.54. The Morgan fingerprint density at radius 3 is 2.24 bits per heavy atom. The first-order valence-corrected chi connectivity index (χ1v) is 9.61. The largest absolute Gasteiger partial charge is 0.416 e. The summed E-state index contributed by atoms with van der Waals surface area (Å²) in [6.07, 6.45) is -2.70. The number of hydrogen-bond acceptors (Lipinski definition) is 2. The van der Waals surface area contributed by atoms with Crippen LogP contribution in [0.4, 0.5) is 23.2 Å². The van der Waals surface area contributed by atoms with E-state index in [9.17, 15) is 17.6 Å². The van der Waals surface area contributed by atoms with Crippen LogP contribution < -0.4 is 0 Å². The quantitative estimate of drug-likeness (QED) is 0.238. The first-order chi connectivity index (χ1) is 13.8. The fraction of sp³-hybridized carbons (Fsp3) is 0.0870. The molecule has 3 aromatic carbocycles. The predicted octanol–water partition coefficient (Wildman–Crippen LogP) is 7.58. The molecule has 29 heavy (non-hydrogen) atoms. The van der Waals surface area contributed by atoms with Crippen LogP contribution in [-0.4, -0.2) is 5.71 Å². The van der Waals surface area contributed by atoms with Gasteiger partial charge in [-0.05, 0) is 60.9 Å². The number of benzene rings is 3. The van der Waals surface area contributed by atoms with E-state index in [-0.39, 0.29) is 0 Å². The van der Waals surface area contributed by atoms with E-state index in [0.717, 1.165) is 22.6 Å². The molecule has 0 bridgehead atoms. The standard InChI is InChI=1S/C23H17F4NS/c1-16-5-11-21(12-6-16)29-14-13-22(28-20-4-2-3-19(24)15-20)17-7-9-18(10-8-17)23(25,26)27/h2-15H,1H3. The van der Waals surface area contributed by atoms with Crippen LogP contribution in [0.2, 0.25) is 0 Å². The fourth-order valence-corrected chi connectivity index (χ4v) is 3.15. The van der Waals surface area contributed by atoms with E-state index in [4.69, 9.17) is 0 Å². The van der Waals surface area contributed by atoms with Crippen molar-refractivity contribution in [3.63, 3.8) is 0 Å². The molecule has 0 unspecified atom stereocenters. The van der Waals surface area contributed by atoms with E-state index >= 15 is 0 Å². The first kappa shape index (κ1) is 20.9. The van der Waals surface area contributed by atoms with Gasteiger partial charge in [-0.3, -0.25) is 0 Å². The third-order valence-corrected chi connectivity index (χ3v) is 4.83. The number of aryl methyl sites for hydroxylation is 1. The van der Waals surface area contributed by atoms with E-state index < -0.39 is 17.6 Å². The molecule has 1 nitrogen and oxygen atoms in total. The molecule has 0 saturated heterocycles. The summed E-state index contributed by atoms with van der Waals surface area (Å²) in [5.74, 6) is -0.434. The first-order valence-electron chi connectivity index (χ1n) is 8.73. The Bertz CT molecular complexity index is 1020. The van der Waals surface area contributed by atoms with Crippen molar-refractivity contribution in [3.8, 4) is 0 Å². The minimum absolute atomic E-state index is 0.380. The van der Waals surface area contributed by atoms with Crippen LogP contribution in [0.3, 0.4) is 0 Å². The summed E-state index contributed by atoms with van der Waals surface area (Å²) in [6, 6.07) is 18.4. The lowest BCUT2D eigenvalue weighted by Crippen LogP contribution is -2.05. The van der Waals surface area contributed by atoms with Crippen molar-refractivity contribution in [1.29, 1.82) is 0 Å². The van der Waals surface area contributed by atoms with Gasteiger partial charge < -0.3 is 0 Å². The van der Waals surface area contributed by atoms with Crippen LogP contribution in [0, 0.1) is 12.7 Å². The Labute approximate surface area is 170 Å². The molecule has 0 atom stereocenters. The number of hydrogen-bond donors (Lipinski definition) is 0. The molecule has 6 heteroatoms.